The summed E-state index contributed by atoms with van der Waals surface area (Å²) in [7, 11) is 0. The van der Waals surface area contributed by atoms with Crippen LogP contribution in [0.2, 0.25) is 0 Å². The van der Waals surface area contributed by atoms with Crippen molar-refractivity contribution in [3.05, 3.63) is 47.5 Å². The summed E-state index contributed by atoms with van der Waals surface area (Å²) in [6, 6.07) is 10.8. The average Bonchev–Trinajstić information content (AvgIpc) is 2.79. The summed E-state index contributed by atoms with van der Waals surface area (Å²) in [6.45, 7) is 0.782. The summed E-state index contributed by atoms with van der Waals surface area (Å²) in [4.78, 5) is 4.24. The smallest absolute Gasteiger partial charge is 0.395 e. The van der Waals surface area contributed by atoms with Crippen molar-refractivity contribution in [2.75, 3.05) is 6.54 Å². The Labute approximate surface area is 119 Å². The van der Waals surface area contributed by atoms with Crippen LogP contribution >= 0.6 is 0 Å². The van der Waals surface area contributed by atoms with Gasteiger partial charge in [-0.15, -0.1) is 8.78 Å². The van der Waals surface area contributed by atoms with Crippen LogP contribution in [0.1, 0.15) is 11.1 Å². The van der Waals surface area contributed by atoms with Crippen molar-refractivity contribution in [2.24, 2.45) is 4.99 Å². The van der Waals surface area contributed by atoms with E-state index in [1.165, 1.54) is 11.6 Å². The lowest BCUT2D eigenvalue weighted by atomic mass is 9.96. The van der Waals surface area contributed by atoms with Crippen molar-refractivity contribution in [3.8, 4) is 22.6 Å². The fourth-order valence-corrected chi connectivity index (χ4v) is 2.60. The molecule has 2 aliphatic rings. The number of rotatable bonds is 1. The van der Waals surface area contributed by atoms with Gasteiger partial charge in [-0.3, -0.25) is 4.99 Å². The van der Waals surface area contributed by atoms with Crippen molar-refractivity contribution in [1.29, 1.82) is 0 Å². The van der Waals surface area contributed by atoms with Gasteiger partial charge in [0.25, 0.3) is 0 Å². The Morgan fingerprint density at radius 3 is 2.62 bits per heavy atom. The van der Waals surface area contributed by atoms with Gasteiger partial charge in [0, 0.05) is 12.8 Å². The molecule has 2 aliphatic heterocycles. The molecular formula is C16H11F2NO2. The number of benzene rings is 2. The first-order valence-corrected chi connectivity index (χ1v) is 6.64. The van der Waals surface area contributed by atoms with Crippen molar-refractivity contribution in [2.45, 2.75) is 12.7 Å². The molecule has 0 atom stereocenters. The summed E-state index contributed by atoms with van der Waals surface area (Å²) in [6.07, 6.45) is -0.821. The van der Waals surface area contributed by atoms with Crippen LogP contribution in [0.25, 0.3) is 11.1 Å². The van der Waals surface area contributed by atoms with Crippen LogP contribution in [0.3, 0.4) is 0 Å². The first-order valence-electron chi connectivity index (χ1n) is 6.64. The van der Waals surface area contributed by atoms with Crippen LogP contribution in [0, 0.1) is 0 Å². The highest BCUT2D eigenvalue weighted by atomic mass is 19.3. The SMILES string of the molecule is FC1(F)Oc2ccc(-c3ccc4c(c3)CCN=C4)cc2O1. The molecule has 0 fully saturated rings. The van der Waals surface area contributed by atoms with Crippen molar-refractivity contribution >= 4 is 6.21 Å². The third-order valence-electron chi connectivity index (χ3n) is 3.62. The number of halogens is 2. The molecule has 0 spiro atoms. The predicted molar refractivity (Wildman–Crippen MR) is 74.2 cm³/mol. The topological polar surface area (TPSA) is 30.8 Å². The maximum atomic E-state index is 13.0. The van der Waals surface area contributed by atoms with E-state index < -0.39 is 6.29 Å². The lowest BCUT2D eigenvalue weighted by Gasteiger charge is -2.12. The summed E-state index contributed by atoms with van der Waals surface area (Å²) >= 11 is 0. The Morgan fingerprint density at radius 1 is 0.952 bits per heavy atom. The molecule has 21 heavy (non-hydrogen) atoms. The van der Waals surface area contributed by atoms with Gasteiger partial charge >= 0.3 is 6.29 Å². The minimum Gasteiger partial charge on any atom is -0.395 e. The van der Waals surface area contributed by atoms with Crippen LogP contribution in [0.5, 0.6) is 11.5 Å². The molecular weight excluding hydrogens is 276 g/mol. The lowest BCUT2D eigenvalue weighted by molar-refractivity contribution is -0.286. The molecule has 4 rings (SSSR count). The van der Waals surface area contributed by atoms with E-state index in [1.54, 1.807) is 12.1 Å². The minimum absolute atomic E-state index is 0.0637. The molecule has 0 amide bonds. The minimum atomic E-state index is -3.58. The van der Waals surface area contributed by atoms with Crippen LogP contribution in [-0.2, 0) is 6.42 Å². The number of nitrogens with zero attached hydrogens (tertiary/aromatic N) is 1. The third kappa shape index (κ3) is 2.14. The summed E-state index contributed by atoms with van der Waals surface area (Å²) < 4.78 is 35.0. The monoisotopic (exact) mass is 287 g/mol. The van der Waals surface area contributed by atoms with Gasteiger partial charge in [-0.2, -0.15) is 0 Å². The van der Waals surface area contributed by atoms with Crippen molar-refractivity contribution in [1.82, 2.24) is 0 Å². The fraction of sp³-hybridized carbons (Fsp3) is 0.188. The van der Waals surface area contributed by atoms with E-state index in [2.05, 4.69) is 20.5 Å². The molecule has 0 unspecified atom stereocenters. The molecule has 2 aromatic rings. The number of alkyl halides is 2. The van der Waals surface area contributed by atoms with Gasteiger partial charge in [0.15, 0.2) is 11.5 Å². The summed E-state index contributed by atoms with van der Waals surface area (Å²) in [5.41, 5.74) is 4.11. The van der Waals surface area contributed by atoms with Gasteiger partial charge in [-0.1, -0.05) is 24.3 Å². The number of aliphatic imine (C=N–C) groups is 1. The van der Waals surface area contributed by atoms with Crippen molar-refractivity contribution < 1.29 is 18.3 Å². The molecule has 106 valence electrons. The summed E-state index contributed by atoms with van der Waals surface area (Å²) in [5.74, 6) is 0.130. The third-order valence-corrected chi connectivity index (χ3v) is 3.62. The molecule has 0 N–H and O–H groups in total. The molecule has 2 heterocycles. The molecule has 3 nitrogen and oxygen atoms in total. The zero-order valence-corrected chi connectivity index (χ0v) is 11.0. The largest absolute Gasteiger partial charge is 0.586 e. The molecule has 0 saturated carbocycles. The molecule has 0 saturated heterocycles. The maximum absolute atomic E-state index is 13.0. The zero-order chi connectivity index (χ0) is 14.4. The second-order valence-electron chi connectivity index (χ2n) is 5.03. The van der Waals surface area contributed by atoms with Gasteiger partial charge in [0.05, 0.1) is 0 Å². The van der Waals surface area contributed by atoms with E-state index in [9.17, 15) is 8.78 Å². The second kappa shape index (κ2) is 4.28. The highest BCUT2D eigenvalue weighted by molar-refractivity contribution is 5.84. The van der Waals surface area contributed by atoms with E-state index >= 15 is 0 Å². The van der Waals surface area contributed by atoms with Gasteiger partial charge in [-0.25, -0.2) is 0 Å². The van der Waals surface area contributed by atoms with Crippen LogP contribution in [-0.4, -0.2) is 19.1 Å². The number of hydrogen-bond donors (Lipinski definition) is 0. The van der Waals surface area contributed by atoms with Crippen LogP contribution in [0.4, 0.5) is 8.78 Å². The Hall–Kier alpha value is -2.43. The lowest BCUT2D eigenvalue weighted by Crippen LogP contribution is -2.25. The first-order chi connectivity index (χ1) is 10.1. The van der Waals surface area contributed by atoms with Crippen molar-refractivity contribution in [3.63, 3.8) is 0 Å². The fourth-order valence-electron chi connectivity index (χ4n) is 2.60. The second-order valence-corrected chi connectivity index (χ2v) is 5.03. The van der Waals surface area contributed by atoms with Gasteiger partial charge < -0.3 is 9.47 Å². The molecule has 0 radical (unpaired) electrons. The standard InChI is InChI=1S/C16H11F2NO2/c17-16(18)20-14-4-3-11(8-15(14)21-16)10-1-2-13-9-19-6-5-12(13)7-10/h1-4,7-9H,5-6H2. The number of fused-ring (bicyclic) bond motifs is 2. The normalized spacial score (nSPS) is 17.6. The Morgan fingerprint density at radius 2 is 1.71 bits per heavy atom. The van der Waals surface area contributed by atoms with Gasteiger partial charge in [-0.05, 0) is 40.8 Å². The molecule has 0 aromatic heterocycles. The first kappa shape index (κ1) is 12.3. The predicted octanol–water partition coefficient (Wildman–Crippen LogP) is 3.65. The maximum Gasteiger partial charge on any atom is 0.586 e. The van der Waals surface area contributed by atoms with E-state index in [1.807, 2.05) is 18.3 Å². The molecule has 2 aromatic carbocycles. The van der Waals surface area contributed by atoms with Gasteiger partial charge in [0.1, 0.15) is 0 Å². The highest BCUT2D eigenvalue weighted by Gasteiger charge is 2.43. The Balaban J connectivity index is 1.74. The average molecular weight is 287 g/mol. The zero-order valence-electron chi connectivity index (χ0n) is 11.0. The quantitative estimate of drug-likeness (QED) is 0.801. The number of hydrogen-bond acceptors (Lipinski definition) is 3. The van der Waals surface area contributed by atoms with E-state index in [0.717, 1.165) is 29.7 Å². The van der Waals surface area contributed by atoms with Gasteiger partial charge in [0.2, 0.25) is 0 Å². The van der Waals surface area contributed by atoms with E-state index in [0.29, 0.717) is 0 Å². The molecule has 0 aliphatic carbocycles. The Bertz CT molecular complexity index is 756. The van der Waals surface area contributed by atoms with Crippen LogP contribution < -0.4 is 9.47 Å². The Kier molecular flexibility index (Phi) is 2.51. The highest BCUT2D eigenvalue weighted by Crippen LogP contribution is 2.43. The molecule has 5 heteroatoms. The van der Waals surface area contributed by atoms with Crippen LogP contribution in [0.15, 0.2) is 41.4 Å². The number of ether oxygens (including phenoxy) is 2. The summed E-state index contributed by atoms with van der Waals surface area (Å²) in [5, 5.41) is 0. The molecule has 0 bridgehead atoms. The van der Waals surface area contributed by atoms with E-state index in [4.69, 9.17) is 0 Å². The van der Waals surface area contributed by atoms with E-state index in [-0.39, 0.29) is 11.5 Å².